The Bertz CT molecular complexity index is 1320. The topological polar surface area (TPSA) is 97.5 Å². The number of fused-ring (bicyclic) bond motifs is 1. The van der Waals surface area contributed by atoms with Crippen LogP contribution in [0, 0.1) is 0 Å². The molecule has 0 radical (unpaired) electrons. The fraction of sp³-hybridized carbons (Fsp3) is 0.250. The lowest BCUT2D eigenvalue weighted by Gasteiger charge is -2.25. The highest BCUT2D eigenvalue weighted by atomic mass is 32.2. The van der Waals surface area contributed by atoms with Gasteiger partial charge in [-0.1, -0.05) is 6.08 Å². The third-order valence-electron chi connectivity index (χ3n) is 4.91. The maximum Gasteiger partial charge on any atom is 0.211 e. The molecule has 0 amide bonds. The zero-order valence-corrected chi connectivity index (χ0v) is 17.6. The molecule has 7 nitrogen and oxygen atoms in total. The standard InChI is InChI=1S/C20H20N2O5S2/c1-28(23,24)16-7-5-14(6-8-16)19-12-18-20(27-19)17(9-10-21-18)15-4-3-11-22(13-15)29(2,25)26/h4-10,12H,3,11,13H2,1-2H3. The number of nitrogens with zero attached hydrogens (tertiary/aromatic N) is 2. The molecule has 4 rings (SSSR count). The minimum absolute atomic E-state index is 0.240. The van der Waals surface area contributed by atoms with Crippen molar-refractivity contribution in [1.82, 2.24) is 9.29 Å². The molecule has 0 atom stereocenters. The van der Waals surface area contributed by atoms with Crippen LogP contribution in [-0.2, 0) is 19.9 Å². The summed E-state index contributed by atoms with van der Waals surface area (Å²) in [5.74, 6) is 0.566. The van der Waals surface area contributed by atoms with E-state index in [1.54, 1.807) is 36.5 Å². The number of benzene rings is 1. The molecule has 29 heavy (non-hydrogen) atoms. The van der Waals surface area contributed by atoms with E-state index in [-0.39, 0.29) is 11.4 Å². The summed E-state index contributed by atoms with van der Waals surface area (Å²) < 4.78 is 54.7. The summed E-state index contributed by atoms with van der Waals surface area (Å²) in [6.07, 6.45) is 6.70. The van der Waals surface area contributed by atoms with Crippen molar-refractivity contribution in [3.63, 3.8) is 0 Å². The molecule has 0 aliphatic carbocycles. The van der Waals surface area contributed by atoms with Gasteiger partial charge in [0.1, 0.15) is 11.3 Å². The van der Waals surface area contributed by atoms with Gasteiger partial charge in [0.15, 0.2) is 15.4 Å². The lowest BCUT2D eigenvalue weighted by Crippen LogP contribution is -2.34. The van der Waals surface area contributed by atoms with E-state index < -0.39 is 19.9 Å². The summed E-state index contributed by atoms with van der Waals surface area (Å²) in [5, 5.41) is 0. The number of hydrogen-bond acceptors (Lipinski definition) is 6. The quantitative estimate of drug-likeness (QED) is 0.629. The second kappa shape index (κ2) is 7.08. The Morgan fingerprint density at radius 3 is 2.41 bits per heavy atom. The lowest BCUT2D eigenvalue weighted by molar-refractivity contribution is 0.447. The number of hydrogen-bond donors (Lipinski definition) is 0. The molecule has 2 aromatic heterocycles. The average molecular weight is 433 g/mol. The van der Waals surface area contributed by atoms with Gasteiger partial charge in [0.2, 0.25) is 10.0 Å². The molecule has 152 valence electrons. The minimum Gasteiger partial charge on any atom is -0.454 e. The van der Waals surface area contributed by atoms with Crippen LogP contribution in [0.5, 0.6) is 0 Å². The third kappa shape index (κ3) is 3.98. The fourth-order valence-electron chi connectivity index (χ4n) is 3.39. The Morgan fingerprint density at radius 2 is 1.76 bits per heavy atom. The molecular formula is C20H20N2O5S2. The first-order valence-electron chi connectivity index (χ1n) is 8.96. The van der Waals surface area contributed by atoms with Crippen LogP contribution in [0.4, 0.5) is 0 Å². The predicted octanol–water partition coefficient (Wildman–Crippen LogP) is 2.95. The first kappa shape index (κ1) is 19.8. The van der Waals surface area contributed by atoms with Gasteiger partial charge in [-0.25, -0.2) is 16.8 Å². The van der Waals surface area contributed by atoms with Gasteiger partial charge in [-0.05, 0) is 42.3 Å². The molecule has 0 unspecified atom stereocenters. The highest BCUT2D eigenvalue weighted by Gasteiger charge is 2.23. The van der Waals surface area contributed by atoms with Crippen LogP contribution in [0.2, 0.25) is 0 Å². The molecule has 3 aromatic rings. The number of sulfonamides is 1. The van der Waals surface area contributed by atoms with Crippen molar-refractivity contribution in [3.8, 4) is 11.3 Å². The number of pyridine rings is 1. The summed E-state index contributed by atoms with van der Waals surface area (Å²) in [5.41, 5.74) is 3.65. The highest BCUT2D eigenvalue weighted by Crippen LogP contribution is 2.33. The van der Waals surface area contributed by atoms with Crippen LogP contribution in [0.1, 0.15) is 12.0 Å². The summed E-state index contributed by atoms with van der Waals surface area (Å²) in [6.45, 7) is 0.754. The van der Waals surface area contributed by atoms with E-state index in [1.165, 1.54) is 10.6 Å². The van der Waals surface area contributed by atoms with E-state index in [4.69, 9.17) is 4.42 Å². The molecule has 0 spiro atoms. The molecule has 0 saturated heterocycles. The van der Waals surface area contributed by atoms with Gasteiger partial charge >= 0.3 is 0 Å². The van der Waals surface area contributed by atoms with Gasteiger partial charge in [-0.3, -0.25) is 4.98 Å². The van der Waals surface area contributed by atoms with Crippen molar-refractivity contribution < 1.29 is 21.3 Å². The fourth-order valence-corrected chi connectivity index (χ4v) is 4.84. The Labute approximate surface area is 169 Å². The normalized spacial score (nSPS) is 16.1. The van der Waals surface area contributed by atoms with Gasteiger partial charge in [0, 0.05) is 42.7 Å². The zero-order valence-electron chi connectivity index (χ0n) is 16.0. The maximum atomic E-state index is 11.9. The van der Waals surface area contributed by atoms with E-state index in [9.17, 15) is 16.8 Å². The smallest absolute Gasteiger partial charge is 0.211 e. The van der Waals surface area contributed by atoms with Crippen LogP contribution >= 0.6 is 0 Å². The molecular weight excluding hydrogens is 412 g/mol. The molecule has 9 heteroatoms. The Kier molecular flexibility index (Phi) is 4.84. The van der Waals surface area contributed by atoms with Crippen LogP contribution in [0.25, 0.3) is 28.0 Å². The SMILES string of the molecule is CS(=O)(=O)c1ccc(-c2cc3nccc(C4=CCCN(S(C)(=O)=O)C4)c3o2)cc1. The van der Waals surface area contributed by atoms with E-state index in [2.05, 4.69) is 4.98 Å². The van der Waals surface area contributed by atoms with Crippen molar-refractivity contribution in [2.24, 2.45) is 0 Å². The lowest BCUT2D eigenvalue weighted by atomic mass is 10.0. The number of aromatic nitrogens is 1. The largest absolute Gasteiger partial charge is 0.454 e. The second-order valence-corrected chi connectivity index (χ2v) is 11.1. The Hall–Kier alpha value is -2.49. The van der Waals surface area contributed by atoms with E-state index >= 15 is 0 Å². The summed E-state index contributed by atoms with van der Waals surface area (Å²) in [6, 6.07) is 10.1. The van der Waals surface area contributed by atoms with Gasteiger partial charge in [0.25, 0.3) is 0 Å². The van der Waals surface area contributed by atoms with Crippen molar-refractivity contribution in [2.45, 2.75) is 11.3 Å². The van der Waals surface area contributed by atoms with Crippen molar-refractivity contribution >= 4 is 36.5 Å². The van der Waals surface area contributed by atoms with Crippen molar-refractivity contribution in [2.75, 3.05) is 25.6 Å². The van der Waals surface area contributed by atoms with Crippen LogP contribution in [-0.4, -0.2) is 51.7 Å². The van der Waals surface area contributed by atoms with Crippen LogP contribution in [0.15, 0.2) is 58.0 Å². The Balaban J connectivity index is 1.74. The van der Waals surface area contributed by atoms with E-state index in [0.29, 0.717) is 29.8 Å². The third-order valence-corrected chi connectivity index (χ3v) is 7.29. The summed E-state index contributed by atoms with van der Waals surface area (Å²) in [7, 11) is -6.55. The molecule has 0 fully saturated rings. The van der Waals surface area contributed by atoms with Gasteiger partial charge in [-0.15, -0.1) is 0 Å². The molecule has 0 bridgehead atoms. The van der Waals surface area contributed by atoms with Crippen molar-refractivity contribution in [1.29, 1.82) is 0 Å². The minimum atomic E-state index is -3.28. The van der Waals surface area contributed by atoms with Gasteiger partial charge in [-0.2, -0.15) is 4.31 Å². The molecule has 0 saturated carbocycles. The highest BCUT2D eigenvalue weighted by molar-refractivity contribution is 7.90. The van der Waals surface area contributed by atoms with Crippen LogP contribution < -0.4 is 0 Å². The average Bonchev–Trinajstić information content (AvgIpc) is 3.11. The number of sulfone groups is 1. The zero-order chi connectivity index (χ0) is 20.8. The molecule has 1 aromatic carbocycles. The summed E-state index contributed by atoms with van der Waals surface area (Å²) in [4.78, 5) is 4.60. The van der Waals surface area contributed by atoms with E-state index in [0.717, 1.165) is 23.0 Å². The van der Waals surface area contributed by atoms with Gasteiger partial charge < -0.3 is 4.42 Å². The van der Waals surface area contributed by atoms with E-state index in [1.807, 2.05) is 12.1 Å². The second-order valence-electron chi connectivity index (χ2n) is 7.09. The molecule has 1 aliphatic rings. The van der Waals surface area contributed by atoms with Gasteiger partial charge in [0.05, 0.1) is 11.2 Å². The van der Waals surface area contributed by atoms with Crippen molar-refractivity contribution in [3.05, 3.63) is 54.2 Å². The van der Waals surface area contributed by atoms with Crippen LogP contribution in [0.3, 0.4) is 0 Å². The number of furan rings is 1. The molecule has 0 N–H and O–H groups in total. The monoisotopic (exact) mass is 432 g/mol. The first-order chi connectivity index (χ1) is 13.6. The molecule has 1 aliphatic heterocycles. The first-order valence-corrected chi connectivity index (χ1v) is 12.7. The molecule has 3 heterocycles. The summed E-state index contributed by atoms with van der Waals surface area (Å²) >= 11 is 0. The maximum absolute atomic E-state index is 11.9. The predicted molar refractivity (Wildman–Crippen MR) is 112 cm³/mol. The number of rotatable bonds is 4. The Morgan fingerprint density at radius 1 is 1.03 bits per heavy atom.